The molecule has 5 rings (SSSR count). The lowest BCUT2D eigenvalue weighted by Crippen LogP contribution is -2.46. The third kappa shape index (κ3) is 7.51. The Bertz CT molecular complexity index is 1410. The highest BCUT2D eigenvalue weighted by Crippen LogP contribution is 2.38. The maximum atomic E-state index is 14.1. The summed E-state index contributed by atoms with van der Waals surface area (Å²) in [5, 5.41) is 9.29. The summed E-state index contributed by atoms with van der Waals surface area (Å²) in [5.41, 5.74) is 1.97. The van der Waals surface area contributed by atoms with Crippen molar-refractivity contribution >= 4 is 17.6 Å². The van der Waals surface area contributed by atoms with Crippen LogP contribution in [0.4, 0.5) is 5.82 Å². The number of nitrogens with zero attached hydrogens (tertiary/aromatic N) is 5. The van der Waals surface area contributed by atoms with E-state index in [4.69, 9.17) is 9.47 Å². The van der Waals surface area contributed by atoms with Crippen molar-refractivity contribution in [3.05, 3.63) is 89.6 Å². The number of para-hydroxylation sites is 1. The van der Waals surface area contributed by atoms with Crippen LogP contribution in [0.15, 0.2) is 72.9 Å². The third-order valence-electron chi connectivity index (χ3n) is 8.58. The van der Waals surface area contributed by atoms with Crippen LogP contribution in [-0.4, -0.2) is 79.6 Å². The molecule has 9 heteroatoms. The normalized spacial score (nSPS) is 17.6. The fourth-order valence-electron chi connectivity index (χ4n) is 6.00. The second-order valence-corrected chi connectivity index (χ2v) is 11.4. The van der Waals surface area contributed by atoms with Gasteiger partial charge in [-0.2, -0.15) is 5.26 Å². The van der Waals surface area contributed by atoms with E-state index in [1.807, 2.05) is 70.5 Å². The molecule has 0 aliphatic carbocycles. The van der Waals surface area contributed by atoms with Gasteiger partial charge in [-0.05, 0) is 55.5 Å². The number of nitriles is 1. The summed E-state index contributed by atoms with van der Waals surface area (Å²) in [6.45, 7) is 4.15. The highest BCUT2D eigenvalue weighted by molar-refractivity contribution is 5.97. The van der Waals surface area contributed by atoms with Crippen molar-refractivity contribution in [1.29, 1.82) is 5.26 Å². The minimum atomic E-state index is -0.137. The summed E-state index contributed by atoms with van der Waals surface area (Å²) in [5.74, 6) is 1.30. The van der Waals surface area contributed by atoms with Crippen LogP contribution in [0.1, 0.15) is 47.2 Å². The average molecular weight is 582 g/mol. The molecule has 2 amide bonds. The summed E-state index contributed by atoms with van der Waals surface area (Å²) in [6.07, 6.45) is 5.03. The molecule has 3 aromatic rings. The lowest BCUT2D eigenvalue weighted by atomic mass is 9.75. The number of rotatable bonds is 5. The van der Waals surface area contributed by atoms with Crippen LogP contribution < -0.4 is 9.64 Å². The van der Waals surface area contributed by atoms with Crippen LogP contribution in [-0.2, 0) is 16.1 Å². The second kappa shape index (κ2) is 14.2. The van der Waals surface area contributed by atoms with Gasteiger partial charge in [0.25, 0.3) is 5.91 Å². The highest BCUT2D eigenvalue weighted by atomic mass is 16.5. The van der Waals surface area contributed by atoms with E-state index in [1.165, 1.54) is 0 Å². The molecule has 0 unspecified atom stereocenters. The smallest absolute Gasteiger partial charge is 0.257 e. The van der Waals surface area contributed by atoms with Crippen molar-refractivity contribution in [3.63, 3.8) is 0 Å². The first-order valence-corrected chi connectivity index (χ1v) is 14.9. The van der Waals surface area contributed by atoms with Gasteiger partial charge in [0.1, 0.15) is 24.2 Å². The van der Waals surface area contributed by atoms with E-state index in [0.29, 0.717) is 56.2 Å². The molecular weight excluding hydrogens is 542 g/mol. The minimum absolute atomic E-state index is 0.00965. The van der Waals surface area contributed by atoms with Crippen molar-refractivity contribution in [2.75, 3.05) is 57.9 Å². The summed E-state index contributed by atoms with van der Waals surface area (Å²) < 4.78 is 11.6. The standard InChI is InChI=1S/C34H39N5O4/c1-42-25-32(40)38-18-15-34(16-19-38)14-7-17-37(31-13-12-28(22-35)23-36-31)20-21-39(24-27-8-3-2-4-9-27)33(41)29-10-5-6-11-30(29)43-26-34/h2-6,8-13,23H,7,14-21,24-26H2,1H3. The van der Waals surface area contributed by atoms with Gasteiger partial charge in [0.15, 0.2) is 0 Å². The fourth-order valence-corrected chi connectivity index (χ4v) is 6.00. The van der Waals surface area contributed by atoms with Crippen LogP contribution >= 0.6 is 0 Å². The Morgan fingerprint density at radius 3 is 2.47 bits per heavy atom. The molecule has 0 N–H and O–H groups in total. The summed E-state index contributed by atoms with van der Waals surface area (Å²) in [4.78, 5) is 37.2. The zero-order chi connectivity index (χ0) is 30.1. The first kappa shape index (κ1) is 30.1. The van der Waals surface area contributed by atoms with Gasteiger partial charge in [0, 0.05) is 58.0 Å². The van der Waals surface area contributed by atoms with Crippen molar-refractivity contribution in [1.82, 2.24) is 14.8 Å². The van der Waals surface area contributed by atoms with Gasteiger partial charge in [0.2, 0.25) is 5.91 Å². The second-order valence-electron chi connectivity index (χ2n) is 11.4. The Labute approximate surface area is 253 Å². The molecule has 2 aromatic carbocycles. The maximum Gasteiger partial charge on any atom is 0.257 e. The van der Waals surface area contributed by atoms with Gasteiger partial charge in [-0.15, -0.1) is 0 Å². The first-order chi connectivity index (χ1) is 21.0. The quantitative estimate of drug-likeness (QED) is 0.437. The van der Waals surface area contributed by atoms with E-state index < -0.39 is 0 Å². The van der Waals surface area contributed by atoms with Gasteiger partial charge < -0.3 is 24.2 Å². The monoisotopic (exact) mass is 581 g/mol. The number of likely N-dealkylation sites (tertiary alicyclic amines) is 1. The number of carbonyl (C=O) groups excluding carboxylic acids is 2. The summed E-state index contributed by atoms with van der Waals surface area (Å²) in [7, 11) is 1.54. The summed E-state index contributed by atoms with van der Waals surface area (Å²) >= 11 is 0. The predicted octanol–water partition coefficient (Wildman–Crippen LogP) is 4.53. The number of piperidine rings is 1. The van der Waals surface area contributed by atoms with Crippen LogP contribution in [0.5, 0.6) is 5.75 Å². The Morgan fingerprint density at radius 1 is 0.977 bits per heavy atom. The van der Waals surface area contributed by atoms with Gasteiger partial charge in [-0.3, -0.25) is 9.59 Å². The van der Waals surface area contributed by atoms with E-state index >= 15 is 0 Å². The van der Waals surface area contributed by atoms with Gasteiger partial charge in [0.05, 0.1) is 17.7 Å². The number of ether oxygens (including phenoxy) is 2. The molecule has 1 aromatic heterocycles. The summed E-state index contributed by atoms with van der Waals surface area (Å²) in [6, 6.07) is 23.3. The number of anilines is 1. The highest BCUT2D eigenvalue weighted by Gasteiger charge is 2.37. The number of aromatic nitrogens is 1. The van der Waals surface area contributed by atoms with Crippen LogP contribution in [0.2, 0.25) is 0 Å². The molecule has 3 heterocycles. The van der Waals surface area contributed by atoms with E-state index in [2.05, 4.69) is 16.0 Å². The van der Waals surface area contributed by atoms with E-state index in [9.17, 15) is 14.9 Å². The fraction of sp³-hybridized carbons (Fsp3) is 0.412. The van der Waals surface area contributed by atoms with E-state index in [0.717, 1.165) is 43.6 Å². The van der Waals surface area contributed by atoms with Gasteiger partial charge in [-0.25, -0.2) is 4.98 Å². The molecule has 0 bridgehead atoms. The number of methoxy groups -OCH3 is 1. The molecule has 1 saturated heterocycles. The number of benzene rings is 2. The Morgan fingerprint density at radius 2 is 1.74 bits per heavy atom. The molecule has 2 aliphatic rings. The molecule has 9 nitrogen and oxygen atoms in total. The Balaban J connectivity index is 1.45. The zero-order valence-electron chi connectivity index (χ0n) is 24.8. The molecule has 2 aliphatic heterocycles. The minimum Gasteiger partial charge on any atom is -0.492 e. The van der Waals surface area contributed by atoms with E-state index in [-0.39, 0.29) is 23.8 Å². The van der Waals surface area contributed by atoms with Crippen molar-refractivity contribution < 1.29 is 19.1 Å². The lowest BCUT2D eigenvalue weighted by molar-refractivity contribution is -0.138. The van der Waals surface area contributed by atoms with Crippen LogP contribution in [0.25, 0.3) is 0 Å². The molecule has 0 saturated carbocycles. The van der Waals surface area contributed by atoms with Crippen LogP contribution in [0, 0.1) is 16.7 Å². The molecule has 0 radical (unpaired) electrons. The van der Waals surface area contributed by atoms with E-state index in [1.54, 1.807) is 19.4 Å². The van der Waals surface area contributed by atoms with Crippen molar-refractivity contribution in [2.24, 2.45) is 5.41 Å². The molecule has 1 fully saturated rings. The molecule has 224 valence electrons. The van der Waals surface area contributed by atoms with Crippen LogP contribution in [0.3, 0.4) is 0 Å². The molecule has 0 atom stereocenters. The SMILES string of the molecule is COCC(=O)N1CCC2(CCCN(c3ccc(C#N)cn3)CCN(Cc3ccccc3)C(=O)c3ccccc3OC2)CC1. The first-order valence-electron chi connectivity index (χ1n) is 14.9. The topological polar surface area (TPSA) is 99.0 Å². The predicted molar refractivity (Wildman–Crippen MR) is 164 cm³/mol. The molecule has 43 heavy (non-hydrogen) atoms. The number of carbonyl (C=O) groups is 2. The number of amides is 2. The zero-order valence-corrected chi connectivity index (χ0v) is 24.8. The Hall–Kier alpha value is -4.42. The number of hydrogen-bond acceptors (Lipinski definition) is 7. The number of pyridine rings is 1. The molecule has 1 spiro atoms. The number of hydrogen-bond donors (Lipinski definition) is 0. The third-order valence-corrected chi connectivity index (χ3v) is 8.58. The lowest BCUT2D eigenvalue weighted by Gasteiger charge is -2.42. The largest absolute Gasteiger partial charge is 0.492 e. The van der Waals surface area contributed by atoms with Crippen molar-refractivity contribution in [3.8, 4) is 11.8 Å². The number of fused-ring (bicyclic) bond motifs is 1. The van der Waals surface area contributed by atoms with Gasteiger partial charge in [-0.1, -0.05) is 42.5 Å². The molecular formula is C34H39N5O4. The maximum absolute atomic E-state index is 14.1. The van der Waals surface area contributed by atoms with Gasteiger partial charge >= 0.3 is 0 Å². The Kier molecular flexibility index (Phi) is 9.90. The van der Waals surface area contributed by atoms with Crippen molar-refractivity contribution in [2.45, 2.75) is 32.2 Å². The average Bonchev–Trinajstić information content (AvgIpc) is 3.06.